The summed E-state index contributed by atoms with van der Waals surface area (Å²) in [5, 5.41) is 8.12. The van der Waals surface area contributed by atoms with E-state index >= 15 is 0 Å². The fraction of sp³-hybridized carbons (Fsp3) is 0.167. The molecule has 3 amide bonds. The van der Waals surface area contributed by atoms with Gasteiger partial charge in [0.1, 0.15) is 0 Å². The zero-order valence-corrected chi connectivity index (χ0v) is 15.8. The number of nitrogens with one attached hydrogen (secondary N) is 3. The van der Waals surface area contributed by atoms with E-state index in [4.69, 9.17) is 0 Å². The third-order valence-corrected chi connectivity index (χ3v) is 3.99. The lowest BCUT2D eigenvalue weighted by molar-refractivity contribution is -0.114. The van der Waals surface area contributed by atoms with Crippen LogP contribution in [0.15, 0.2) is 48.5 Å². The number of amides is 3. The van der Waals surface area contributed by atoms with Crippen LogP contribution in [0.5, 0.6) is 0 Å². The van der Waals surface area contributed by atoms with Crippen molar-refractivity contribution in [3.8, 4) is 0 Å². The van der Waals surface area contributed by atoms with Crippen molar-refractivity contribution in [3.05, 3.63) is 63.2 Å². The third kappa shape index (κ3) is 6.18. The number of carbonyl (C=O) groups is 3. The number of benzene rings is 2. The van der Waals surface area contributed by atoms with Gasteiger partial charge in [0.15, 0.2) is 0 Å². The van der Waals surface area contributed by atoms with Crippen molar-refractivity contribution >= 4 is 46.0 Å². The van der Waals surface area contributed by atoms with Crippen LogP contribution in [-0.4, -0.2) is 30.8 Å². The Hall–Kier alpha value is -2.42. The molecule has 0 fully saturated rings. The molecule has 0 aromatic heterocycles. The van der Waals surface area contributed by atoms with Gasteiger partial charge in [-0.2, -0.15) is 0 Å². The van der Waals surface area contributed by atoms with E-state index in [-0.39, 0.29) is 17.7 Å². The van der Waals surface area contributed by atoms with Crippen LogP contribution in [0.2, 0.25) is 0 Å². The average Bonchev–Trinajstić information content (AvgIpc) is 2.59. The standard InChI is InChI=1S/C18H18IN3O3/c1-12(23)22-16-8-4-14(5-9-16)18(25)21-11-10-20-17(24)13-2-6-15(19)7-3-13/h2-9H,10-11H2,1H3,(H,20,24)(H,21,25)(H,22,23). The molecule has 0 radical (unpaired) electrons. The first kappa shape index (κ1) is 18.9. The topological polar surface area (TPSA) is 87.3 Å². The summed E-state index contributed by atoms with van der Waals surface area (Å²) in [5.74, 6) is -0.579. The molecular weight excluding hydrogens is 433 g/mol. The summed E-state index contributed by atoms with van der Waals surface area (Å²) < 4.78 is 1.06. The Morgan fingerprint density at radius 3 is 1.68 bits per heavy atom. The minimum absolute atomic E-state index is 0.166. The molecule has 7 heteroatoms. The molecule has 6 nitrogen and oxygen atoms in total. The maximum Gasteiger partial charge on any atom is 0.251 e. The molecule has 0 aliphatic carbocycles. The minimum atomic E-state index is -0.238. The van der Waals surface area contributed by atoms with E-state index in [0.29, 0.717) is 29.9 Å². The van der Waals surface area contributed by atoms with Gasteiger partial charge in [0.2, 0.25) is 5.91 Å². The first-order chi connectivity index (χ1) is 12.0. The Balaban J connectivity index is 1.75. The summed E-state index contributed by atoms with van der Waals surface area (Å²) in [7, 11) is 0. The van der Waals surface area contributed by atoms with Crippen LogP contribution in [0.3, 0.4) is 0 Å². The molecule has 0 unspecified atom stereocenters. The van der Waals surface area contributed by atoms with Crippen molar-refractivity contribution in [1.82, 2.24) is 10.6 Å². The number of hydrogen-bond donors (Lipinski definition) is 3. The highest BCUT2D eigenvalue weighted by molar-refractivity contribution is 14.1. The minimum Gasteiger partial charge on any atom is -0.350 e. The first-order valence-corrected chi connectivity index (χ1v) is 8.73. The van der Waals surface area contributed by atoms with Crippen LogP contribution in [0.25, 0.3) is 0 Å². The zero-order chi connectivity index (χ0) is 18.2. The van der Waals surface area contributed by atoms with Crippen LogP contribution in [0, 0.1) is 3.57 Å². The lowest BCUT2D eigenvalue weighted by atomic mass is 10.2. The second kappa shape index (κ2) is 9.16. The maximum atomic E-state index is 12.0. The summed E-state index contributed by atoms with van der Waals surface area (Å²) in [4.78, 5) is 34.9. The van der Waals surface area contributed by atoms with E-state index in [1.165, 1.54) is 6.92 Å². The van der Waals surface area contributed by atoms with Crippen LogP contribution in [-0.2, 0) is 4.79 Å². The van der Waals surface area contributed by atoms with Crippen molar-refractivity contribution in [3.63, 3.8) is 0 Å². The first-order valence-electron chi connectivity index (χ1n) is 7.65. The van der Waals surface area contributed by atoms with Crippen LogP contribution >= 0.6 is 22.6 Å². The highest BCUT2D eigenvalue weighted by atomic mass is 127. The van der Waals surface area contributed by atoms with Gasteiger partial charge in [-0.1, -0.05) is 0 Å². The van der Waals surface area contributed by atoms with Gasteiger partial charge in [0.25, 0.3) is 11.8 Å². The summed E-state index contributed by atoms with van der Waals surface area (Å²) in [5.41, 5.74) is 1.70. The molecule has 0 heterocycles. The van der Waals surface area contributed by atoms with Gasteiger partial charge in [-0.15, -0.1) is 0 Å². The van der Waals surface area contributed by atoms with Gasteiger partial charge < -0.3 is 16.0 Å². The smallest absolute Gasteiger partial charge is 0.251 e. The highest BCUT2D eigenvalue weighted by Gasteiger charge is 2.07. The van der Waals surface area contributed by atoms with E-state index in [0.717, 1.165) is 3.57 Å². The van der Waals surface area contributed by atoms with E-state index in [2.05, 4.69) is 38.5 Å². The highest BCUT2D eigenvalue weighted by Crippen LogP contribution is 2.09. The molecule has 2 aromatic carbocycles. The van der Waals surface area contributed by atoms with Crippen molar-refractivity contribution in [2.24, 2.45) is 0 Å². The molecule has 0 saturated heterocycles. The molecule has 0 aliphatic rings. The van der Waals surface area contributed by atoms with Gasteiger partial charge in [0.05, 0.1) is 0 Å². The van der Waals surface area contributed by atoms with Crippen LogP contribution < -0.4 is 16.0 Å². The molecule has 2 aromatic rings. The van der Waals surface area contributed by atoms with E-state index < -0.39 is 0 Å². The summed E-state index contributed by atoms with van der Waals surface area (Å²) >= 11 is 2.17. The lowest BCUT2D eigenvalue weighted by Crippen LogP contribution is -2.34. The zero-order valence-electron chi connectivity index (χ0n) is 13.6. The largest absolute Gasteiger partial charge is 0.350 e. The summed E-state index contributed by atoms with van der Waals surface area (Å²) in [6, 6.07) is 13.8. The van der Waals surface area contributed by atoms with E-state index in [9.17, 15) is 14.4 Å². The Morgan fingerprint density at radius 2 is 1.24 bits per heavy atom. The van der Waals surface area contributed by atoms with Gasteiger partial charge in [-0.3, -0.25) is 14.4 Å². The van der Waals surface area contributed by atoms with Crippen molar-refractivity contribution < 1.29 is 14.4 Å². The molecule has 130 valence electrons. The van der Waals surface area contributed by atoms with E-state index in [1.54, 1.807) is 36.4 Å². The normalized spacial score (nSPS) is 10.0. The van der Waals surface area contributed by atoms with Crippen molar-refractivity contribution in [2.45, 2.75) is 6.92 Å². The van der Waals surface area contributed by atoms with Crippen molar-refractivity contribution in [2.75, 3.05) is 18.4 Å². The van der Waals surface area contributed by atoms with Gasteiger partial charge >= 0.3 is 0 Å². The summed E-state index contributed by atoms with van der Waals surface area (Å²) in [6.07, 6.45) is 0. The second-order valence-corrected chi connectivity index (χ2v) is 6.52. The Morgan fingerprint density at radius 1 is 0.800 bits per heavy atom. The SMILES string of the molecule is CC(=O)Nc1ccc(C(=O)NCCNC(=O)c2ccc(I)cc2)cc1. The molecule has 0 atom stereocenters. The quantitative estimate of drug-likeness (QED) is 0.466. The monoisotopic (exact) mass is 451 g/mol. The number of rotatable bonds is 6. The second-order valence-electron chi connectivity index (χ2n) is 5.28. The molecule has 25 heavy (non-hydrogen) atoms. The molecule has 0 aliphatic heterocycles. The third-order valence-electron chi connectivity index (χ3n) is 3.27. The number of halogens is 1. The van der Waals surface area contributed by atoms with E-state index in [1.807, 2.05) is 12.1 Å². The predicted octanol–water partition coefficient (Wildman–Crippen LogP) is 2.41. The molecule has 2 rings (SSSR count). The summed E-state index contributed by atoms with van der Waals surface area (Å²) in [6.45, 7) is 2.08. The molecule has 0 bridgehead atoms. The fourth-order valence-electron chi connectivity index (χ4n) is 2.07. The van der Waals surface area contributed by atoms with Gasteiger partial charge in [-0.05, 0) is 71.1 Å². The number of hydrogen-bond acceptors (Lipinski definition) is 3. The predicted molar refractivity (Wildman–Crippen MR) is 105 cm³/mol. The lowest BCUT2D eigenvalue weighted by Gasteiger charge is -2.08. The van der Waals surface area contributed by atoms with Crippen LogP contribution in [0.1, 0.15) is 27.6 Å². The fourth-order valence-corrected chi connectivity index (χ4v) is 2.43. The molecule has 3 N–H and O–H groups in total. The number of carbonyl (C=O) groups excluding carboxylic acids is 3. The Labute approximate surface area is 159 Å². The molecular formula is C18H18IN3O3. The Bertz CT molecular complexity index is 758. The number of anilines is 1. The molecule has 0 spiro atoms. The maximum absolute atomic E-state index is 12.0. The average molecular weight is 451 g/mol. The van der Waals surface area contributed by atoms with Gasteiger partial charge in [-0.25, -0.2) is 0 Å². The Kier molecular flexibility index (Phi) is 6.93. The van der Waals surface area contributed by atoms with Crippen LogP contribution in [0.4, 0.5) is 5.69 Å². The van der Waals surface area contributed by atoms with Gasteiger partial charge in [0, 0.05) is 40.4 Å². The van der Waals surface area contributed by atoms with Crippen molar-refractivity contribution in [1.29, 1.82) is 0 Å². The molecule has 0 saturated carbocycles.